The fraction of sp³-hybridized carbons (Fsp3) is 0.240. The first kappa shape index (κ1) is 21.9. The standard InChI is InChI=1S/C25H22F3N5O/c26-25(27,28)20-7-2-5-18(13-20)21-14-30-31-23(21)22-8-3-10-33(22)24(34)19-6-1-4-17(12-19)15-32-11-9-29-16-32/h1-2,4-7,9,11-14,16,22H,3,8,10,15H2,(H,30,31)/t22-/m1/s1. The highest BCUT2D eigenvalue weighted by Gasteiger charge is 2.34. The normalized spacial score (nSPS) is 16.2. The summed E-state index contributed by atoms with van der Waals surface area (Å²) in [4.78, 5) is 19.3. The maximum Gasteiger partial charge on any atom is 0.416 e. The molecule has 1 atom stereocenters. The van der Waals surface area contributed by atoms with Crippen molar-refractivity contribution in [2.24, 2.45) is 0 Å². The highest BCUT2D eigenvalue weighted by Crippen LogP contribution is 2.39. The number of imidazole rings is 1. The monoisotopic (exact) mass is 465 g/mol. The quantitative estimate of drug-likeness (QED) is 0.434. The van der Waals surface area contributed by atoms with Gasteiger partial charge in [0.2, 0.25) is 0 Å². The number of nitrogens with zero attached hydrogens (tertiary/aromatic N) is 4. The van der Waals surface area contributed by atoms with Gasteiger partial charge in [-0.2, -0.15) is 18.3 Å². The van der Waals surface area contributed by atoms with Gasteiger partial charge in [-0.05, 0) is 48.2 Å². The van der Waals surface area contributed by atoms with Crippen molar-refractivity contribution in [2.75, 3.05) is 6.54 Å². The Kier molecular flexibility index (Phi) is 5.69. The third-order valence-corrected chi connectivity index (χ3v) is 6.11. The first-order chi connectivity index (χ1) is 16.4. The topological polar surface area (TPSA) is 66.8 Å². The van der Waals surface area contributed by atoms with E-state index in [2.05, 4.69) is 15.2 Å². The summed E-state index contributed by atoms with van der Waals surface area (Å²) in [5.41, 5.74) is 2.48. The molecule has 1 saturated heterocycles. The number of benzene rings is 2. The van der Waals surface area contributed by atoms with E-state index >= 15 is 0 Å². The Bertz CT molecular complexity index is 1300. The Morgan fingerprint density at radius 3 is 2.79 bits per heavy atom. The Labute approximate surface area is 194 Å². The largest absolute Gasteiger partial charge is 0.416 e. The van der Waals surface area contributed by atoms with Crippen LogP contribution >= 0.6 is 0 Å². The minimum absolute atomic E-state index is 0.112. The highest BCUT2D eigenvalue weighted by molar-refractivity contribution is 5.95. The number of nitrogens with one attached hydrogen (secondary N) is 1. The summed E-state index contributed by atoms with van der Waals surface area (Å²) < 4.78 is 41.6. The molecule has 0 radical (unpaired) electrons. The van der Waals surface area contributed by atoms with Gasteiger partial charge in [0, 0.05) is 36.6 Å². The van der Waals surface area contributed by atoms with E-state index in [4.69, 9.17) is 0 Å². The van der Waals surface area contributed by atoms with Crippen molar-refractivity contribution in [2.45, 2.75) is 31.6 Å². The van der Waals surface area contributed by atoms with Crippen LogP contribution in [0.3, 0.4) is 0 Å². The lowest BCUT2D eigenvalue weighted by atomic mass is 9.99. The smallest absolute Gasteiger partial charge is 0.333 e. The molecule has 0 saturated carbocycles. The number of likely N-dealkylation sites (tertiary alicyclic amines) is 1. The molecule has 34 heavy (non-hydrogen) atoms. The van der Waals surface area contributed by atoms with Gasteiger partial charge in [-0.15, -0.1) is 0 Å². The van der Waals surface area contributed by atoms with E-state index in [1.54, 1.807) is 29.6 Å². The fourth-order valence-corrected chi connectivity index (χ4v) is 4.51. The molecule has 0 unspecified atom stereocenters. The van der Waals surface area contributed by atoms with E-state index in [1.165, 1.54) is 12.3 Å². The van der Waals surface area contributed by atoms with Gasteiger partial charge in [-0.25, -0.2) is 4.98 Å². The number of alkyl halides is 3. The second kappa shape index (κ2) is 8.81. The molecule has 0 bridgehead atoms. The predicted molar refractivity (Wildman–Crippen MR) is 120 cm³/mol. The maximum absolute atomic E-state index is 13.5. The molecule has 4 aromatic rings. The van der Waals surface area contributed by atoms with Gasteiger partial charge in [0.15, 0.2) is 0 Å². The molecule has 1 fully saturated rings. The van der Waals surface area contributed by atoms with Crippen LogP contribution in [-0.2, 0) is 12.7 Å². The van der Waals surface area contributed by atoms with Crippen LogP contribution < -0.4 is 0 Å². The number of hydrogen-bond acceptors (Lipinski definition) is 3. The molecule has 174 valence electrons. The number of H-pyrrole nitrogens is 1. The Morgan fingerprint density at radius 1 is 1.15 bits per heavy atom. The van der Waals surface area contributed by atoms with Crippen molar-refractivity contribution in [1.82, 2.24) is 24.6 Å². The van der Waals surface area contributed by atoms with Crippen molar-refractivity contribution in [3.05, 3.63) is 95.8 Å². The van der Waals surface area contributed by atoms with E-state index in [0.29, 0.717) is 41.9 Å². The predicted octanol–water partition coefficient (Wildman–Crippen LogP) is 5.32. The first-order valence-corrected chi connectivity index (χ1v) is 11.0. The molecule has 2 aromatic carbocycles. The van der Waals surface area contributed by atoms with Gasteiger partial charge in [-0.3, -0.25) is 9.89 Å². The number of hydrogen-bond donors (Lipinski definition) is 1. The number of carbonyl (C=O) groups excluding carboxylic acids is 1. The van der Waals surface area contributed by atoms with E-state index in [9.17, 15) is 18.0 Å². The van der Waals surface area contributed by atoms with Crippen LogP contribution in [0, 0.1) is 0 Å². The SMILES string of the molecule is O=C(c1cccc(Cn2ccnc2)c1)N1CCC[C@@H]1c1[nH]ncc1-c1cccc(C(F)(F)F)c1. The molecule has 0 spiro atoms. The zero-order chi connectivity index (χ0) is 23.7. The lowest BCUT2D eigenvalue weighted by Gasteiger charge is -2.25. The Hall–Kier alpha value is -3.88. The molecular formula is C25H22F3N5O. The molecule has 5 rings (SSSR count). The molecule has 0 aliphatic carbocycles. The van der Waals surface area contributed by atoms with Gasteiger partial charge in [0.25, 0.3) is 5.91 Å². The third-order valence-electron chi connectivity index (χ3n) is 6.11. The number of halogens is 3. The molecule has 6 nitrogen and oxygen atoms in total. The second-order valence-electron chi connectivity index (χ2n) is 8.37. The van der Waals surface area contributed by atoms with Crippen molar-refractivity contribution in [3.63, 3.8) is 0 Å². The summed E-state index contributed by atoms with van der Waals surface area (Å²) in [5, 5.41) is 7.05. The lowest BCUT2D eigenvalue weighted by Crippen LogP contribution is -2.31. The highest BCUT2D eigenvalue weighted by atomic mass is 19.4. The number of amides is 1. The first-order valence-electron chi connectivity index (χ1n) is 11.0. The molecular weight excluding hydrogens is 443 g/mol. The summed E-state index contributed by atoms with van der Waals surface area (Å²) in [6, 6.07) is 12.4. The summed E-state index contributed by atoms with van der Waals surface area (Å²) >= 11 is 0. The fourth-order valence-electron chi connectivity index (χ4n) is 4.51. The zero-order valence-electron chi connectivity index (χ0n) is 18.2. The van der Waals surface area contributed by atoms with Gasteiger partial charge < -0.3 is 9.47 Å². The molecule has 1 aliphatic rings. The molecule has 1 aliphatic heterocycles. The number of carbonyl (C=O) groups is 1. The van der Waals surface area contributed by atoms with E-state index in [-0.39, 0.29) is 11.9 Å². The minimum Gasteiger partial charge on any atom is -0.333 e. The summed E-state index contributed by atoms with van der Waals surface area (Å²) in [6.07, 6.45) is 3.88. The van der Waals surface area contributed by atoms with Crippen LogP contribution in [0.4, 0.5) is 13.2 Å². The van der Waals surface area contributed by atoms with Crippen LogP contribution in [0.5, 0.6) is 0 Å². The minimum atomic E-state index is -4.43. The van der Waals surface area contributed by atoms with E-state index in [1.807, 2.05) is 29.0 Å². The number of aromatic nitrogens is 4. The van der Waals surface area contributed by atoms with E-state index in [0.717, 1.165) is 24.1 Å². The average molecular weight is 465 g/mol. The van der Waals surface area contributed by atoms with Gasteiger partial charge in [-0.1, -0.05) is 24.3 Å². The van der Waals surface area contributed by atoms with Crippen molar-refractivity contribution in [3.8, 4) is 11.1 Å². The van der Waals surface area contributed by atoms with Crippen LogP contribution in [0.15, 0.2) is 73.4 Å². The van der Waals surface area contributed by atoms with Crippen LogP contribution in [0.1, 0.15) is 46.1 Å². The molecule has 1 N–H and O–H groups in total. The maximum atomic E-state index is 13.5. The van der Waals surface area contributed by atoms with Gasteiger partial charge >= 0.3 is 6.18 Å². The van der Waals surface area contributed by atoms with Crippen LogP contribution in [0.25, 0.3) is 11.1 Å². The molecule has 9 heteroatoms. The molecule has 2 aromatic heterocycles. The van der Waals surface area contributed by atoms with Gasteiger partial charge in [0.05, 0.1) is 29.8 Å². The van der Waals surface area contributed by atoms with Crippen molar-refractivity contribution < 1.29 is 18.0 Å². The second-order valence-corrected chi connectivity index (χ2v) is 8.37. The third kappa shape index (κ3) is 4.33. The summed E-state index contributed by atoms with van der Waals surface area (Å²) in [7, 11) is 0. The number of rotatable bonds is 5. The van der Waals surface area contributed by atoms with Crippen molar-refractivity contribution >= 4 is 5.91 Å². The molecule has 3 heterocycles. The average Bonchev–Trinajstić information content (AvgIpc) is 3.59. The Balaban J connectivity index is 1.42. The van der Waals surface area contributed by atoms with E-state index < -0.39 is 11.7 Å². The van der Waals surface area contributed by atoms with Crippen LogP contribution in [-0.4, -0.2) is 37.1 Å². The summed E-state index contributed by atoms with van der Waals surface area (Å²) in [6.45, 7) is 1.17. The molecule has 1 amide bonds. The van der Waals surface area contributed by atoms with Crippen molar-refractivity contribution in [1.29, 1.82) is 0 Å². The van der Waals surface area contributed by atoms with Crippen LogP contribution in [0.2, 0.25) is 0 Å². The summed E-state index contributed by atoms with van der Waals surface area (Å²) in [5.74, 6) is -0.112. The Morgan fingerprint density at radius 2 is 2.00 bits per heavy atom. The lowest BCUT2D eigenvalue weighted by molar-refractivity contribution is -0.137. The number of aromatic amines is 1. The van der Waals surface area contributed by atoms with Gasteiger partial charge in [0.1, 0.15) is 0 Å². The zero-order valence-corrected chi connectivity index (χ0v) is 18.2.